The molecule has 2 N–H and O–H groups in total. The van der Waals surface area contributed by atoms with Crippen molar-refractivity contribution >= 4 is 17.0 Å². The summed E-state index contributed by atoms with van der Waals surface area (Å²) >= 11 is 1.83. The number of anilines is 1. The van der Waals surface area contributed by atoms with Crippen LogP contribution in [0.2, 0.25) is 0 Å². The van der Waals surface area contributed by atoms with E-state index >= 15 is 0 Å². The lowest BCUT2D eigenvalue weighted by Gasteiger charge is -2.14. The van der Waals surface area contributed by atoms with E-state index in [0.717, 1.165) is 19.5 Å². The van der Waals surface area contributed by atoms with Crippen LogP contribution >= 0.6 is 11.3 Å². The summed E-state index contributed by atoms with van der Waals surface area (Å²) in [6.45, 7) is 6.48. The van der Waals surface area contributed by atoms with Gasteiger partial charge in [-0.25, -0.2) is 4.98 Å². The van der Waals surface area contributed by atoms with Crippen molar-refractivity contribution in [1.82, 2.24) is 10.3 Å². The van der Waals surface area contributed by atoms with Gasteiger partial charge >= 0.3 is 0 Å². The molecule has 1 aromatic carbocycles. The Morgan fingerprint density at radius 2 is 2.29 bits per heavy atom. The van der Waals surface area contributed by atoms with Gasteiger partial charge in [0.15, 0.2) is 0 Å². The molecule has 2 unspecified atom stereocenters. The summed E-state index contributed by atoms with van der Waals surface area (Å²) in [6.07, 6.45) is 4.25. The minimum atomic E-state index is 0.347. The van der Waals surface area contributed by atoms with E-state index < -0.39 is 0 Å². The largest absolute Gasteiger partial charge is 0.384 e. The van der Waals surface area contributed by atoms with Crippen LogP contribution in [0.4, 0.5) is 5.69 Å². The lowest BCUT2D eigenvalue weighted by Crippen LogP contribution is -2.21. The zero-order chi connectivity index (χ0) is 14.7. The zero-order valence-electron chi connectivity index (χ0n) is 12.7. The quantitative estimate of drug-likeness (QED) is 0.848. The lowest BCUT2D eigenvalue weighted by molar-refractivity contribution is 0.529. The lowest BCUT2D eigenvalue weighted by atomic mass is 9.98. The van der Waals surface area contributed by atoms with Gasteiger partial charge in [-0.15, -0.1) is 11.3 Å². The van der Waals surface area contributed by atoms with E-state index in [1.165, 1.54) is 27.6 Å². The highest BCUT2D eigenvalue weighted by Gasteiger charge is 2.21. The van der Waals surface area contributed by atoms with Crippen LogP contribution in [0, 0.1) is 0 Å². The van der Waals surface area contributed by atoms with Gasteiger partial charge in [-0.1, -0.05) is 25.1 Å². The summed E-state index contributed by atoms with van der Waals surface area (Å²) in [4.78, 5) is 5.89. The highest BCUT2D eigenvalue weighted by atomic mass is 32.1. The Morgan fingerprint density at radius 3 is 3.10 bits per heavy atom. The predicted molar refractivity (Wildman–Crippen MR) is 90.2 cm³/mol. The number of nitrogens with one attached hydrogen (secondary N) is 2. The van der Waals surface area contributed by atoms with Crippen LogP contribution in [-0.2, 0) is 6.42 Å². The van der Waals surface area contributed by atoms with Crippen molar-refractivity contribution in [3.05, 3.63) is 45.9 Å². The number of hydrogen-bond donors (Lipinski definition) is 2. The van der Waals surface area contributed by atoms with Crippen LogP contribution in [-0.4, -0.2) is 18.1 Å². The molecule has 1 aliphatic rings. The number of fused-ring (bicyclic) bond motifs is 1. The molecule has 1 aromatic heterocycles. The third kappa shape index (κ3) is 3.27. The summed E-state index contributed by atoms with van der Waals surface area (Å²) in [5, 5.41) is 8.31. The Morgan fingerprint density at radius 1 is 1.43 bits per heavy atom. The molecule has 3 rings (SSSR count). The van der Waals surface area contributed by atoms with Crippen molar-refractivity contribution in [1.29, 1.82) is 0 Å². The maximum absolute atomic E-state index is 4.52. The highest BCUT2D eigenvalue weighted by Crippen LogP contribution is 2.33. The number of thiazole rings is 1. The Labute approximate surface area is 130 Å². The van der Waals surface area contributed by atoms with Gasteiger partial charge in [0.1, 0.15) is 5.01 Å². The third-order valence-electron chi connectivity index (χ3n) is 4.17. The van der Waals surface area contributed by atoms with Gasteiger partial charge in [-0.2, -0.15) is 0 Å². The molecule has 2 aromatic rings. The highest BCUT2D eigenvalue weighted by molar-refractivity contribution is 7.11. The second-order valence-electron chi connectivity index (χ2n) is 5.65. The molecule has 0 aliphatic carbocycles. The monoisotopic (exact) mass is 301 g/mol. The van der Waals surface area contributed by atoms with Crippen molar-refractivity contribution in [2.24, 2.45) is 0 Å². The molecular formula is C17H23N3S. The van der Waals surface area contributed by atoms with Crippen LogP contribution in [0.1, 0.15) is 47.7 Å². The van der Waals surface area contributed by atoms with Crippen LogP contribution in [0.25, 0.3) is 0 Å². The summed E-state index contributed by atoms with van der Waals surface area (Å²) in [7, 11) is 0. The first kappa shape index (κ1) is 14.5. The predicted octanol–water partition coefficient (Wildman–Crippen LogP) is 3.96. The molecule has 0 saturated carbocycles. The van der Waals surface area contributed by atoms with Gasteiger partial charge in [-0.05, 0) is 37.9 Å². The molecule has 1 aliphatic heterocycles. The van der Waals surface area contributed by atoms with Crippen molar-refractivity contribution in [2.75, 3.05) is 18.4 Å². The van der Waals surface area contributed by atoms with Gasteiger partial charge in [0.05, 0.1) is 6.04 Å². The summed E-state index contributed by atoms with van der Waals surface area (Å²) in [6, 6.07) is 9.00. The van der Waals surface area contributed by atoms with Crippen molar-refractivity contribution in [3.8, 4) is 0 Å². The fourth-order valence-electron chi connectivity index (χ4n) is 2.86. The van der Waals surface area contributed by atoms with E-state index in [-0.39, 0.29) is 0 Å². The van der Waals surface area contributed by atoms with E-state index in [1.54, 1.807) is 0 Å². The van der Waals surface area contributed by atoms with Crippen LogP contribution in [0.5, 0.6) is 0 Å². The first-order valence-electron chi connectivity index (χ1n) is 7.78. The van der Waals surface area contributed by atoms with Crippen molar-refractivity contribution in [2.45, 2.75) is 38.6 Å². The minimum absolute atomic E-state index is 0.347. The second-order valence-corrected chi connectivity index (χ2v) is 6.79. The Hall–Kier alpha value is -1.39. The second kappa shape index (κ2) is 6.58. The number of rotatable bonds is 6. The van der Waals surface area contributed by atoms with E-state index in [2.05, 4.69) is 53.7 Å². The fraction of sp³-hybridized carbons (Fsp3) is 0.471. The third-order valence-corrected chi connectivity index (χ3v) is 5.50. The molecular weight excluding hydrogens is 278 g/mol. The van der Waals surface area contributed by atoms with E-state index in [1.807, 2.05) is 17.5 Å². The van der Waals surface area contributed by atoms with E-state index in [9.17, 15) is 0 Å². The van der Waals surface area contributed by atoms with Crippen LogP contribution in [0.15, 0.2) is 30.5 Å². The average molecular weight is 301 g/mol. The molecule has 2 heterocycles. The molecule has 2 atom stereocenters. The maximum Gasteiger partial charge on any atom is 0.109 e. The van der Waals surface area contributed by atoms with Crippen molar-refractivity contribution < 1.29 is 0 Å². The van der Waals surface area contributed by atoms with Gasteiger partial charge in [0.2, 0.25) is 0 Å². The molecule has 0 spiro atoms. The molecule has 0 radical (unpaired) electrons. The molecule has 3 nitrogen and oxygen atoms in total. The maximum atomic E-state index is 4.52. The van der Waals surface area contributed by atoms with E-state index in [4.69, 9.17) is 0 Å². The molecule has 112 valence electrons. The average Bonchev–Trinajstić information content (AvgIpc) is 3.14. The number of para-hydroxylation sites is 1. The first-order valence-corrected chi connectivity index (χ1v) is 8.60. The van der Waals surface area contributed by atoms with Crippen LogP contribution < -0.4 is 10.6 Å². The molecule has 21 heavy (non-hydrogen) atoms. The SMILES string of the molecule is CCc1cnc(C(C)NCCC2CNc3ccccc32)s1. The summed E-state index contributed by atoms with van der Waals surface area (Å²) in [5.41, 5.74) is 2.78. The van der Waals surface area contributed by atoms with Crippen molar-refractivity contribution in [3.63, 3.8) is 0 Å². The molecule has 0 bridgehead atoms. The normalized spacial score (nSPS) is 18.3. The molecule has 0 saturated heterocycles. The Bertz CT molecular complexity index is 593. The number of aromatic nitrogens is 1. The van der Waals surface area contributed by atoms with Gasteiger partial charge < -0.3 is 10.6 Å². The topological polar surface area (TPSA) is 37.0 Å². The number of hydrogen-bond acceptors (Lipinski definition) is 4. The van der Waals surface area contributed by atoms with Gasteiger partial charge in [0.25, 0.3) is 0 Å². The molecule has 0 amide bonds. The molecule has 4 heteroatoms. The smallest absolute Gasteiger partial charge is 0.109 e. The summed E-state index contributed by atoms with van der Waals surface area (Å²) in [5.74, 6) is 0.628. The van der Waals surface area contributed by atoms with E-state index in [0.29, 0.717) is 12.0 Å². The number of aryl methyl sites for hydroxylation is 1. The zero-order valence-corrected chi connectivity index (χ0v) is 13.5. The fourth-order valence-corrected chi connectivity index (χ4v) is 3.75. The Kier molecular flexibility index (Phi) is 4.56. The number of benzene rings is 1. The molecule has 0 fully saturated rings. The number of nitrogens with zero attached hydrogens (tertiary/aromatic N) is 1. The summed E-state index contributed by atoms with van der Waals surface area (Å²) < 4.78 is 0. The standard InChI is InChI=1S/C17H23N3S/c1-3-14-11-20-17(21-14)12(2)18-9-8-13-10-19-16-7-5-4-6-15(13)16/h4-7,11-13,18-19H,3,8-10H2,1-2H3. The minimum Gasteiger partial charge on any atom is -0.384 e. The first-order chi connectivity index (χ1) is 10.3. The van der Waals surface area contributed by atoms with Crippen LogP contribution in [0.3, 0.4) is 0 Å². The Balaban J connectivity index is 1.50. The van der Waals surface area contributed by atoms with Gasteiger partial charge in [-0.3, -0.25) is 0 Å². The van der Waals surface area contributed by atoms with Gasteiger partial charge in [0, 0.05) is 29.2 Å².